The predicted octanol–water partition coefficient (Wildman–Crippen LogP) is 2.25. The molecule has 90 valence electrons. The molecule has 0 spiro atoms. The summed E-state index contributed by atoms with van der Waals surface area (Å²) in [6.07, 6.45) is 1.22. The van der Waals surface area contributed by atoms with Crippen LogP contribution in [-0.4, -0.2) is 16.8 Å². The van der Waals surface area contributed by atoms with Gasteiger partial charge in [-0.2, -0.15) is 0 Å². The summed E-state index contributed by atoms with van der Waals surface area (Å²) in [5.41, 5.74) is 7.73. The summed E-state index contributed by atoms with van der Waals surface area (Å²) in [5, 5.41) is 18.4. The average Bonchev–Trinajstić information content (AvgIpc) is 2.83. The zero-order chi connectivity index (χ0) is 12.6. The fourth-order valence-corrected chi connectivity index (χ4v) is 3.10. The first kappa shape index (κ1) is 11.9. The van der Waals surface area contributed by atoms with E-state index in [0.29, 0.717) is 24.1 Å². The minimum atomic E-state index is -1.20. The lowest BCUT2D eigenvalue weighted by Gasteiger charge is -2.06. The second-order valence-electron chi connectivity index (χ2n) is 4.32. The normalized spacial score (nSPS) is 19.7. The van der Waals surface area contributed by atoms with Crippen molar-refractivity contribution in [2.45, 2.75) is 25.7 Å². The highest BCUT2D eigenvalue weighted by molar-refractivity contribution is 7.10. The smallest absolute Gasteiger partial charge is 0.354 e. The van der Waals surface area contributed by atoms with Gasteiger partial charge in [0.2, 0.25) is 0 Å². The molecule has 1 aromatic heterocycles. The van der Waals surface area contributed by atoms with Gasteiger partial charge in [0.05, 0.1) is 0 Å². The Morgan fingerprint density at radius 1 is 1.59 bits per heavy atom. The molecule has 4 nitrogen and oxygen atoms in total. The Labute approximate surface area is 103 Å². The molecule has 1 aromatic rings. The zero-order valence-corrected chi connectivity index (χ0v) is 10.3. The van der Waals surface area contributed by atoms with Crippen LogP contribution >= 0.6 is 11.3 Å². The summed E-state index contributed by atoms with van der Waals surface area (Å²) in [6, 6.07) is 2.11. The van der Waals surface area contributed by atoms with E-state index in [-0.39, 0.29) is 11.6 Å². The molecule has 0 aliphatic heterocycles. The van der Waals surface area contributed by atoms with Gasteiger partial charge in [0.15, 0.2) is 0 Å². The van der Waals surface area contributed by atoms with Crippen molar-refractivity contribution in [3.63, 3.8) is 0 Å². The monoisotopic (exact) mass is 250 g/mol. The van der Waals surface area contributed by atoms with Crippen LogP contribution in [-0.2, 0) is 4.79 Å². The van der Waals surface area contributed by atoms with Gasteiger partial charge in [0, 0.05) is 22.1 Å². The zero-order valence-electron chi connectivity index (χ0n) is 9.49. The van der Waals surface area contributed by atoms with Crippen LogP contribution in [0.25, 0.3) is 0 Å². The quantitative estimate of drug-likeness (QED) is 0.719. The summed E-state index contributed by atoms with van der Waals surface area (Å²) in [5.74, 6) is -0.964. The molecule has 1 unspecified atom stereocenters. The molecule has 2 rings (SSSR count). The van der Waals surface area contributed by atoms with Gasteiger partial charge in [0.25, 0.3) is 0 Å². The van der Waals surface area contributed by atoms with E-state index in [2.05, 4.69) is 11.4 Å². The van der Waals surface area contributed by atoms with Gasteiger partial charge in [-0.3, -0.25) is 5.41 Å². The average molecular weight is 250 g/mol. The Bertz CT molecular complexity index is 516. The summed E-state index contributed by atoms with van der Waals surface area (Å²) in [4.78, 5) is 12.0. The van der Waals surface area contributed by atoms with E-state index in [1.165, 1.54) is 10.4 Å². The van der Waals surface area contributed by atoms with Crippen molar-refractivity contribution in [2.75, 3.05) is 0 Å². The first-order valence-electron chi connectivity index (χ1n) is 5.33. The molecule has 1 heterocycles. The molecule has 1 aliphatic rings. The molecule has 0 aromatic carbocycles. The maximum atomic E-state index is 10.8. The molecule has 0 saturated heterocycles. The lowest BCUT2D eigenvalue weighted by Crippen LogP contribution is -2.16. The van der Waals surface area contributed by atoms with Gasteiger partial charge >= 0.3 is 5.97 Å². The molecule has 1 aliphatic carbocycles. The fraction of sp³-hybridized carbons (Fsp3) is 0.333. The molecule has 0 saturated carbocycles. The minimum Gasteiger partial charge on any atom is -0.477 e. The fourth-order valence-electron chi connectivity index (χ4n) is 2.10. The molecule has 1 atom stereocenters. The summed E-state index contributed by atoms with van der Waals surface area (Å²) < 4.78 is 0. The van der Waals surface area contributed by atoms with Gasteiger partial charge in [-0.25, -0.2) is 4.79 Å². The summed E-state index contributed by atoms with van der Waals surface area (Å²) >= 11 is 1.67. The van der Waals surface area contributed by atoms with E-state index in [4.69, 9.17) is 16.2 Å². The van der Waals surface area contributed by atoms with Gasteiger partial charge in [-0.1, -0.05) is 0 Å². The van der Waals surface area contributed by atoms with Crippen molar-refractivity contribution in [1.29, 1.82) is 5.41 Å². The Morgan fingerprint density at radius 3 is 2.82 bits per heavy atom. The first-order chi connectivity index (χ1) is 7.99. The molecule has 5 heteroatoms. The first-order valence-corrected chi connectivity index (χ1v) is 6.21. The number of hydrogen-bond acceptors (Lipinski definition) is 4. The molecular weight excluding hydrogens is 236 g/mol. The minimum absolute atomic E-state index is 0.239. The summed E-state index contributed by atoms with van der Waals surface area (Å²) in [6.45, 7) is 2.03. The van der Waals surface area contributed by atoms with Crippen molar-refractivity contribution < 1.29 is 9.90 Å². The highest BCUT2D eigenvalue weighted by Gasteiger charge is 2.29. The molecular formula is C12H14N2O2S. The van der Waals surface area contributed by atoms with Gasteiger partial charge < -0.3 is 10.8 Å². The standard InChI is InChI=1S/C12H14N2O2S/c1-6-2-10(17-5-6)7-3-8(9(13)4-7)11(14)12(15)16/h2,5,7,14H,3-4,13H2,1H3,(H,15,16). The number of rotatable bonds is 3. The maximum absolute atomic E-state index is 10.8. The van der Waals surface area contributed by atoms with E-state index in [1.807, 2.05) is 6.92 Å². The van der Waals surface area contributed by atoms with Crippen molar-refractivity contribution in [2.24, 2.45) is 5.73 Å². The van der Waals surface area contributed by atoms with Crippen LogP contribution < -0.4 is 5.73 Å². The van der Waals surface area contributed by atoms with Crippen molar-refractivity contribution in [3.8, 4) is 0 Å². The van der Waals surface area contributed by atoms with E-state index >= 15 is 0 Å². The number of hydrogen-bond donors (Lipinski definition) is 3. The Morgan fingerprint density at radius 2 is 2.29 bits per heavy atom. The largest absolute Gasteiger partial charge is 0.477 e. The molecule has 0 radical (unpaired) electrons. The summed E-state index contributed by atoms with van der Waals surface area (Å²) in [7, 11) is 0. The number of nitrogens with one attached hydrogen (secondary N) is 1. The number of allylic oxidation sites excluding steroid dienone is 1. The lowest BCUT2D eigenvalue weighted by atomic mass is 10.0. The molecule has 0 amide bonds. The van der Waals surface area contributed by atoms with Crippen LogP contribution in [0.4, 0.5) is 0 Å². The topological polar surface area (TPSA) is 87.2 Å². The second-order valence-corrected chi connectivity index (χ2v) is 5.26. The van der Waals surface area contributed by atoms with Gasteiger partial charge in [-0.05, 0) is 36.8 Å². The third-order valence-corrected chi connectivity index (χ3v) is 4.19. The Balaban J connectivity index is 2.17. The van der Waals surface area contributed by atoms with Crippen LogP contribution in [0.2, 0.25) is 0 Å². The number of thiophene rings is 1. The highest BCUT2D eigenvalue weighted by atomic mass is 32.1. The van der Waals surface area contributed by atoms with Crippen molar-refractivity contribution >= 4 is 23.0 Å². The predicted molar refractivity (Wildman–Crippen MR) is 67.6 cm³/mol. The molecule has 17 heavy (non-hydrogen) atoms. The SMILES string of the molecule is Cc1csc(C2CC(N)=C(C(=N)C(=O)O)C2)c1. The van der Waals surface area contributed by atoms with Crippen molar-refractivity contribution in [1.82, 2.24) is 0 Å². The second kappa shape index (κ2) is 4.33. The van der Waals surface area contributed by atoms with Crippen LogP contribution in [0.3, 0.4) is 0 Å². The number of nitrogens with two attached hydrogens (primary N) is 1. The molecule has 0 fully saturated rings. The van der Waals surface area contributed by atoms with Crippen LogP contribution in [0, 0.1) is 12.3 Å². The number of carboxylic acid groups (broad SMARTS) is 1. The third kappa shape index (κ3) is 2.24. The van der Waals surface area contributed by atoms with E-state index in [9.17, 15) is 4.79 Å². The van der Waals surface area contributed by atoms with Gasteiger partial charge in [0.1, 0.15) is 5.71 Å². The van der Waals surface area contributed by atoms with Gasteiger partial charge in [-0.15, -0.1) is 11.3 Å². The lowest BCUT2D eigenvalue weighted by molar-refractivity contribution is -0.129. The number of aryl methyl sites for hydroxylation is 1. The van der Waals surface area contributed by atoms with Crippen LogP contribution in [0.15, 0.2) is 22.7 Å². The van der Waals surface area contributed by atoms with E-state index in [0.717, 1.165) is 0 Å². The Kier molecular flexibility index (Phi) is 3.02. The Hall–Kier alpha value is -1.62. The third-order valence-electron chi connectivity index (χ3n) is 2.97. The highest BCUT2D eigenvalue weighted by Crippen LogP contribution is 2.39. The maximum Gasteiger partial charge on any atom is 0.354 e. The number of carbonyl (C=O) groups is 1. The van der Waals surface area contributed by atoms with Crippen LogP contribution in [0.5, 0.6) is 0 Å². The molecule has 0 bridgehead atoms. The van der Waals surface area contributed by atoms with E-state index < -0.39 is 5.97 Å². The number of carboxylic acids is 1. The van der Waals surface area contributed by atoms with Crippen LogP contribution in [0.1, 0.15) is 29.2 Å². The number of aliphatic carboxylic acids is 1. The van der Waals surface area contributed by atoms with E-state index in [1.54, 1.807) is 11.3 Å². The molecule has 4 N–H and O–H groups in total. The van der Waals surface area contributed by atoms with Crippen molar-refractivity contribution in [3.05, 3.63) is 33.2 Å².